The molecule has 1 unspecified atom stereocenters. The summed E-state index contributed by atoms with van der Waals surface area (Å²) in [6.07, 6.45) is -3.48. The topological polar surface area (TPSA) is 64.9 Å². The highest BCUT2D eigenvalue weighted by Gasteiger charge is 2.27. The SMILES string of the molecule is C=CCC(N)c1nc(CCC(F)(F)F)no1. The molecule has 1 rings (SSSR count). The van der Waals surface area contributed by atoms with Crippen molar-refractivity contribution in [1.29, 1.82) is 0 Å². The number of hydrogen-bond donors (Lipinski definition) is 1. The van der Waals surface area contributed by atoms with Crippen molar-refractivity contribution >= 4 is 0 Å². The van der Waals surface area contributed by atoms with Crippen molar-refractivity contribution in [3.63, 3.8) is 0 Å². The van der Waals surface area contributed by atoms with E-state index in [4.69, 9.17) is 10.3 Å². The maximum Gasteiger partial charge on any atom is 0.389 e. The van der Waals surface area contributed by atoms with Gasteiger partial charge in [0.1, 0.15) is 0 Å². The summed E-state index contributed by atoms with van der Waals surface area (Å²) in [6, 6.07) is -0.510. The van der Waals surface area contributed by atoms with Gasteiger partial charge in [0.15, 0.2) is 5.82 Å². The fourth-order valence-electron chi connectivity index (χ4n) is 1.05. The van der Waals surface area contributed by atoms with Gasteiger partial charge in [-0.05, 0) is 6.42 Å². The zero-order valence-corrected chi connectivity index (χ0v) is 8.50. The van der Waals surface area contributed by atoms with Gasteiger partial charge in [0.05, 0.1) is 12.5 Å². The van der Waals surface area contributed by atoms with Gasteiger partial charge in [-0.1, -0.05) is 11.2 Å². The predicted octanol–water partition coefficient (Wildman–Crippen LogP) is 2.14. The van der Waals surface area contributed by atoms with Crippen LogP contribution in [0.15, 0.2) is 17.2 Å². The van der Waals surface area contributed by atoms with Gasteiger partial charge in [0.2, 0.25) is 5.89 Å². The van der Waals surface area contributed by atoms with Crippen LogP contribution in [0, 0.1) is 0 Å². The third-order valence-electron chi connectivity index (χ3n) is 1.85. The van der Waals surface area contributed by atoms with E-state index in [-0.39, 0.29) is 18.1 Å². The van der Waals surface area contributed by atoms with Gasteiger partial charge < -0.3 is 10.3 Å². The molecule has 1 atom stereocenters. The molecular weight excluding hydrogens is 223 g/mol. The Morgan fingerprint density at radius 3 is 2.75 bits per heavy atom. The Morgan fingerprint density at radius 1 is 1.50 bits per heavy atom. The standard InChI is InChI=1S/C9H12F3N3O/c1-2-3-6(13)8-14-7(15-16-8)4-5-9(10,11)12/h2,6H,1,3-5,13H2. The first-order valence-corrected chi connectivity index (χ1v) is 4.68. The van der Waals surface area contributed by atoms with E-state index in [1.807, 2.05) is 0 Å². The summed E-state index contributed by atoms with van der Waals surface area (Å²) >= 11 is 0. The Morgan fingerprint density at radius 2 is 2.19 bits per heavy atom. The van der Waals surface area contributed by atoms with E-state index in [9.17, 15) is 13.2 Å². The highest BCUT2D eigenvalue weighted by atomic mass is 19.4. The number of halogens is 3. The number of aromatic nitrogens is 2. The number of alkyl halides is 3. The molecule has 0 radical (unpaired) electrons. The quantitative estimate of drug-likeness (QED) is 0.794. The first-order chi connectivity index (χ1) is 7.42. The smallest absolute Gasteiger partial charge is 0.338 e. The average Bonchev–Trinajstić information content (AvgIpc) is 2.62. The largest absolute Gasteiger partial charge is 0.389 e. The normalized spacial score (nSPS) is 13.8. The van der Waals surface area contributed by atoms with Gasteiger partial charge in [-0.15, -0.1) is 6.58 Å². The van der Waals surface area contributed by atoms with E-state index in [0.29, 0.717) is 6.42 Å². The van der Waals surface area contributed by atoms with Crippen LogP contribution in [0.4, 0.5) is 13.2 Å². The van der Waals surface area contributed by atoms with Gasteiger partial charge in [-0.3, -0.25) is 0 Å². The molecule has 0 spiro atoms. The van der Waals surface area contributed by atoms with Gasteiger partial charge in [0, 0.05) is 6.42 Å². The van der Waals surface area contributed by atoms with Crippen LogP contribution in [0.2, 0.25) is 0 Å². The fourth-order valence-corrected chi connectivity index (χ4v) is 1.05. The number of aryl methyl sites for hydroxylation is 1. The molecule has 7 heteroatoms. The molecule has 0 bridgehead atoms. The average molecular weight is 235 g/mol. The molecular formula is C9H12F3N3O. The van der Waals surface area contributed by atoms with Crippen LogP contribution in [0.25, 0.3) is 0 Å². The molecule has 0 saturated heterocycles. The van der Waals surface area contributed by atoms with Crippen molar-refractivity contribution in [3.8, 4) is 0 Å². The summed E-state index contributed by atoms with van der Waals surface area (Å²) in [5, 5.41) is 3.42. The molecule has 0 aromatic carbocycles. The third kappa shape index (κ3) is 4.01. The molecule has 4 nitrogen and oxygen atoms in total. The van der Waals surface area contributed by atoms with Crippen molar-refractivity contribution in [3.05, 3.63) is 24.4 Å². The van der Waals surface area contributed by atoms with E-state index < -0.39 is 18.6 Å². The van der Waals surface area contributed by atoms with Crippen LogP contribution in [0.1, 0.15) is 30.6 Å². The molecule has 1 heterocycles. The summed E-state index contributed by atoms with van der Waals surface area (Å²) in [5.74, 6) is 0.156. The minimum atomic E-state index is -4.22. The number of nitrogens with zero attached hydrogens (tertiary/aromatic N) is 2. The van der Waals surface area contributed by atoms with Gasteiger partial charge in [0.25, 0.3) is 0 Å². The molecule has 0 aliphatic rings. The van der Waals surface area contributed by atoms with Crippen molar-refractivity contribution in [1.82, 2.24) is 10.1 Å². The molecule has 90 valence electrons. The van der Waals surface area contributed by atoms with E-state index in [1.54, 1.807) is 6.08 Å². The van der Waals surface area contributed by atoms with Crippen LogP contribution in [-0.4, -0.2) is 16.3 Å². The second-order valence-electron chi connectivity index (χ2n) is 3.29. The highest BCUT2D eigenvalue weighted by Crippen LogP contribution is 2.21. The molecule has 1 aromatic heterocycles. The Labute approximate surface area is 90.3 Å². The van der Waals surface area contributed by atoms with Gasteiger partial charge in [-0.2, -0.15) is 18.2 Å². The second kappa shape index (κ2) is 5.11. The van der Waals surface area contributed by atoms with Crippen molar-refractivity contribution in [2.24, 2.45) is 5.73 Å². The maximum atomic E-state index is 11.9. The zero-order valence-electron chi connectivity index (χ0n) is 8.50. The summed E-state index contributed by atoms with van der Waals surface area (Å²) in [7, 11) is 0. The van der Waals surface area contributed by atoms with E-state index in [0.717, 1.165) is 0 Å². The number of nitrogens with two attached hydrogens (primary N) is 1. The molecule has 0 aliphatic carbocycles. The Bertz CT molecular complexity index is 348. The zero-order chi connectivity index (χ0) is 12.2. The van der Waals surface area contributed by atoms with Crippen LogP contribution < -0.4 is 5.73 Å². The highest BCUT2D eigenvalue weighted by molar-refractivity contribution is 4.94. The molecule has 1 aromatic rings. The molecule has 16 heavy (non-hydrogen) atoms. The maximum absolute atomic E-state index is 11.9. The van der Waals surface area contributed by atoms with Gasteiger partial charge in [-0.25, -0.2) is 0 Å². The number of rotatable bonds is 5. The van der Waals surface area contributed by atoms with Gasteiger partial charge >= 0.3 is 6.18 Å². The lowest BCUT2D eigenvalue weighted by atomic mass is 10.2. The lowest BCUT2D eigenvalue weighted by Crippen LogP contribution is -2.11. The minimum absolute atomic E-state index is 0.0202. The lowest BCUT2D eigenvalue weighted by molar-refractivity contribution is -0.134. The van der Waals surface area contributed by atoms with E-state index >= 15 is 0 Å². The Balaban J connectivity index is 2.54. The second-order valence-corrected chi connectivity index (χ2v) is 3.29. The van der Waals surface area contributed by atoms with Crippen LogP contribution in [0.5, 0.6) is 0 Å². The first kappa shape index (κ1) is 12.7. The Hall–Kier alpha value is -1.37. The molecule has 0 fully saturated rings. The summed E-state index contributed by atoms with van der Waals surface area (Å²) in [5.41, 5.74) is 5.61. The van der Waals surface area contributed by atoms with Crippen molar-refractivity contribution < 1.29 is 17.7 Å². The predicted molar refractivity (Wildman–Crippen MR) is 50.4 cm³/mol. The summed E-state index contributed by atoms with van der Waals surface area (Å²) in [6.45, 7) is 3.48. The molecule has 2 N–H and O–H groups in total. The van der Waals surface area contributed by atoms with Crippen molar-refractivity contribution in [2.75, 3.05) is 0 Å². The summed E-state index contributed by atoms with van der Waals surface area (Å²) in [4.78, 5) is 3.78. The van der Waals surface area contributed by atoms with Crippen LogP contribution in [0.3, 0.4) is 0 Å². The van der Waals surface area contributed by atoms with Crippen LogP contribution >= 0.6 is 0 Å². The molecule has 0 amide bonds. The monoisotopic (exact) mass is 235 g/mol. The third-order valence-corrected chi connectivity index (χ3v) is 1.85. The number of hydrogen-bond acceptors (Lipinski definition) is 4. The lowest BCUT2D eigenvalue weighted by Gasteiger charge is -2.02. The fraction of sp³-hybridized carbons (Fsp3) is 0.556. The molecule has 0 saturated carbocycles. The summed E-state index contributed by atoms with van der Waals surface area (Å²) < 4.78 is 40.5. The molecule has 0 aliphatic heterocycles. The van der Waals surface area contributed by atoms with Crippen molar-refractivity contribution in [2.45, 2.75) is 31.5 Å². The Kier molecular flexibility index (Phi) is 4.05. The van der Waals surface area contributed by atoms with E-state index in [1.165, 1.54) is 0 Å². The first-order valence-electron chi connectivity index (χ1n) is 4.68. The van der Waals surface area contributed by atoms with E-state index in [2.05, 4.69) is 16.7 Å². The minimum Gasteiger partial charge on any atom is -0.338 e. The van der Waals surface area contributed by atoms with Crippen LogP contribution in [-0.2, 0) is 6.42 Å².